The molecule has 0 saturated carbocycles. The molecule has 1 radical (unpaired) electrons. The molecular weight excluding hydrogens is 1040 g/mol. The van der Waals surface area contributed by atoms with Crippen molar-refractivity contribution in [2.75, 3.05) is 0 Å². The number of rotatable bonds is 8. The second kappa shape index (κ2) is 18.7. The molecule has 8 heteroatoms. The van der Waals surface area contributed by atoms with Gasteiger partial charge >= 0.3 is 151 Å². The molecular formula is C57H63GeIrN5O-2. The molecule has 0 spiro atoms. The minimum Gasteiger partial charge on any atom is -0.500 e. The number of hydrogen-bond acceptors (Lipinski definition) is 5. The van der Waals surface area contributed by atoms with E-state index in [-0.39, 0.29) is 31.4 Å². The summed E-state index contributed by atoms with van der Waals surface area (Å²) in [5.41, 5.74) is 15.3. The molecule has 0 bridgehead atoms. The van der Waals surface area contributed by atoms with Gasteiger partial charge < -0.3 is 8.98 Å². The predicted octanol–water partition coefficient (Wildman–Crippen LogP) is 14.8. The molecule has 5 heterocycles. The molecule has 0 N–H and O–H groups in total. The first-order valence-corrected chi connectivity index (χ1v) is 30.3. The maximum Gasteiger partial charge on any atom is 0.124 e. The van der Waals surface area contributed by atoms with Crippen molar-refractivity contribution in [1.82, 2.24) is 24.5 Å². The van der Waals surface area contributed by atoms with Crippen LogP contribution in [0.1, 0.15) is 108 Å². The van der Waals surface area contributed by atoms with Crippen molar-refractivity contribution in [2.24, 2.45) is 5.92 Å². The van der Waals surface area contributed by atoms with E-state index in [9.17, 15) is 0 Å². The molecule has 0 aliphatic heterocycles. The fourth-order valence-electron chi connectivity index (χ4n) is 9.14. The van der Waals surface area contributed by atoms with Gasteiger partial charge in [-0.1, -0.05) is 69.8 Å². The summed E-state index contributed by atoms with van der Waals surface area (Å²) in [5.74, 6) is 9.40. The summed E-state index contributed by atoms with van der Waals surface area (Å²) in [6, 6.07) is 32.9. The predicted molar refractivity (Wildman–Crippen MR) is 272 cm³/mol. The van der Waals surface area contributed by atoms with Crippen LogP contribution in [0.3, 0.4) is 0 Å². The first kappa shape index (κ1) is 48.0. The number of imidazole rings is 1. The normalized spacial score (nSPS) is 12.2. The minimum atomic E-state index is -1.91. The minimum absolute atomic E-state index is 0. The summed E-state index contributed by atoms with van der Waals surface area (Å²) < 4.78 is 10.4. The number of hydrogen-bond donors (Lipinski definition) is 0. The number of pyridine rings is 3. The van der Waals surface area contributed by atoms with E-state index in [4.69, 9.17) is 14.4 Å². The number of nitrogens with zero attached hydrogens (tertiary/aromatic N) is 5. The van der Waals surface area contributed by atoms with Crippen molar-refractivity contribution in [3.63, 3.8) is 0 Å². The van der Waals surface area contributed by atoms with Gasteiger partial charge in [-0.15, -0.1) is 17.7 Å². The van der Waals surface area contributed by atoms with Gasteiger partial charge in [0.15, 0.2) is 0 Å². The molecule has 0 saturated heterocycles. The maximum atomic E-state index is 6.57. The smallest absolute Gasteiger partial charge is 0.124 e. The third-order valence-corrected chi connectivity index (χ3v) is 16.7. The van der Waals surface area contributed by atoms with Crippen LogP contribution in [0.4, 0.5) is 0 Å². The van der Waals surface area contributed by atoms with E-state index in [2.05, 4.69) is 174 Å². The molecule has 9 rings (SSSR count). The van der Waals surface area contributed by atoms with Gasteiger partial charge in [0.25, 0.3) is 0 Å². The molecule has 0 fully saturated rings. The Kier molecular flexibility index (Phi) is 13.8. The van der Waals surface area contributed by atoms with Crippen molar-refractivity contribution < 1.29 is 24.5 Å². The molecule has 0 aliphatic rings. The average molecular weight is 1100 g/mol. The molecule has 4 aromatic carbocycles. The standard InChI is InChI=1S/C35H31N4O.C22H32GeN.Ir/c1-19(2)26-16-23-9-7-8-10-24(23)31(20(3)4)33(26)39-29-13-14-36-18-28(29)38-35(39)25-12-11-21(5)32-27-17-37-22(6)15-30(27)40-34(25)32;1-16(2)12-18-14-21(24-15-20(18)23(6,7)8)17-10-9-11-19(13-17)22(3,4)5;/h7-11,13-20H,1-6H3;9,11,13-16H,12H2,1-8H3;/q2*-1;. The van der Waals surface area contributed by atoms with E-state index >= 15 is 0 Å². The maximum absolute atomic E-state index is 6.57. The Balaban J connectivity index is 0.000000217. The second-order valence-corrected chi connectivity index (χ2v) is 31.3. The van der Waals surface area contributed by atoms with Gasteiger partial charge in [0.1, 0.15) is 5.58 Å². The zero-order valence-corrected chi connectivity index (χ0v) is 45.1. The Morgan fingerprint density at radius 3 is 2.26 bits per heavy atom. The molecule has 0 atom stereocenters. The first-order chi connectivity index (χ1) is 30.3. The van der Waals surface area contributed by atoms with Crippen LogP contribution in [-0.2, 0) is 31.9 Å². The van der Waals surface area contributed by atoms with Crippen LogP contribution in [0.2, 0.25) is 17.3 Å². The van der Waals surface area contributed by atoms with Gasteiger partial charge in [-0.25, -0.2) is 0 Å². The number of benzene rings is 4. The Labute approximate surface area is 402 Å². The average Bonchev–Trinajstić information content (AvgIpc) is 3.81. The summed E-state index contributed by atoms with van der Waals surface area (Å²) in [5, 5.41) is 4.59. The Morgan fingerprint density at radius 1 is 0.815 bits per heavy atom. The third kappa shape index (κ3) is 9.53. The van der Waals surface area contributed by atoms with Crippen LogP contribution in [0.5, 0.6) is 0 Å². The van der Waals surface area contributed by atoms with Gasteiger partial charge in [-0.3, -0.25) is 15.0 Å². The third-order valence-electron chi connectivity index (χ3n) is 12.3. The summed E-state index contributed by atoms with van der Waals surface area (Å²) in [6.45, 7) is 24.5. The molecule has 5 aromatic heterocycles. The van der Waals surface area contributed by atoms with Gasteiger partial charge in [-0.2, -0.15) is 0 Å². The molecule has 65 heavy (non-hydrogen) atoms. The monoisotopic (exact) mass is 1100 g/mol. The first-order valence-electron chi connectivity index (χ1n) is 22.9. The molecule has 337 valence electrons. The SMILES string of the molecule is CC(C)Cc1cc(-c2[c-]ccc(C(C)(C)C)c2)nc[c]1[Ge]([CH3])([CH3])[CH3].Cc1cc2oc3c(-c4nc5cnccc5n4-c4c(C(C)C)cc5ccccc5c4C(C)C)[c-]cc(C)c3c2cn1.[Ir]. The van der Waals surface area contributed by atoms with Gasteiger partial charge in [0.2, 0.25) is 0 Å². The largest absolute Gasteiger partial charge is 0.500 e. The topological polar surface area (TPSA) is 69.6 Å². The Morgan fingerprint density at radius 2 is 1.57 bits per heavy atom. The van der Waals surface area contributed by atoms with Crippen LogP contribution in [0.25, 0.3) is 72.1 Å². The fourth-order valence-corrected chi connectivity index (χ4v) is 12.5. The van der Waals surface area contributed by atoms with Crippen molar-refractivity contribution in [2.45, 2.75) is 117 Å². The molecule has 9 aromatic rings. The van der Waals surface area contributed by atoms with Crippen LogP contribution < -0.4 is 4.40 Å². The van der Waals surface area contributed by atoms with E-state index in [0.29, 0.717) is 11.8 Å². The summed E-state index contributed by atoms with van der Waals surface area (Å²) in [6.07, 6.45) is 8.89. The van der Waals surface area contributed by atoms with Crippen LogP contribution in [-0.4, -0.2) is 37.8 Å². The summed E-state index contributed by atoms with van der Waals surface area (Å²) >= 11 is -1.91. The van der Waals surface area contributed by atoms with E-state index in [1.165, 1.54) is 38.7 Å². The number of aromatic nitrogens is 5. The van der Waals surface area contributed by atoms with Crippen LogP contribution in [0, 0.1) is 31.9 Å². The number of fused-ring (bicyclic) bond motifs is 5. The van der Waals surface area contributed by atoms with E-state index in [1.807, 2.05) is 43.7 Å². The second-order valence-electron chi connectivity index (χ2n) is 20.7. The Hall–Kier alpha value is -4.95. The number of furan rings is 1. The van der Waals surface area contributed by atoms with Crippen molar-refractivity contribution in [3.8, 4) is 28.3 Å². The van der Waals surface area contributed by atoms with Gasteiger partial charge in [-0.05, 0) is 52.8 Å². The van der Waals surface area contributed by atoms with Crippen molar-refractivity contribution in [3.05, 3.63) is 143 Å². The zero-order valence-electron chi connectivity index (χ0n) is 40.7. The molecule has 0 unspecified atom stereocenters. The van der Waals surface area contributed by atoms with E-state index in [1.54, 1.807) is 4.40 Å². The van der Waals surface area contributed by atoms with Gasteiger partial charge in [0.05, 0.1) is 28.6 Å². The zero-order chi connectivity index (χ0) is 45.8. The van der Waals surface area contributed by atoms with E-state index < -0.39 is 13.3 Å². The van der Waals surface area contributed by atoms with Crippen molar-refractivity contribution >= 4 is 61.4 Å². The quantitative estimate of drug-likeness (QED) is 0.112. The van der Waals surface area contributed by atoms with Crippen LogP contribution in [0.15, 0.2) is 102 Å². The summed E-state index contributed by atoms with van der Waals surface area (Å²) in [7, 11) is 0. The number of aryl methyl sites for hydroxylation is 2. The Bertz CT molecular complexity index is 3180. The van der Waals surface area contributed by atoms with E-state index in [0.717, 1.165) is 73.3 Å². The van der Waals surface area contributed by atoms with Gasteiger partial charge in [0, 0.05) is 55.3 Å². The van der Waals surface area contributed by atoms with Crippen LogP contribution >= 0.6 is 0 Å². The summed E-state index contributed by atoms with van der Waals surface area (Å²) in [4.78, 5) is 19.0. The van der Waals surface area contributed by atoms with Crippen molar-refractivity contribution in [1.29, 1.82) is 0 Å². The fraction of sp³-hybridized carbons (Fsp3) is 0.333. The molecule has 0 amide bonds. The molecule has 0 aliphatic carbocycles. The molecule has 6 nitrogen and oxygen atoms in total.